The molecule has 0 bridgehead atoms. The minimum atomic E-state index is -0.167. The molecule has 19 heavy (non-hydrogen) atoms. The Morgan fingerprint density at radius 3 is 3.00 bits per heavy atom. The third-order valence-corrected chi connectivity index (χ3v) is 3.13. The van der Waals surface area contributed by atoms with E-state index in [2.05, 4.69) is 15.6 Å². The fourth-order valence-electron chi connectivity index (χ4n) is 1.55. The van der Waals surface area contributed by atoms with Crippen LogP contribution < -0.4 is 10.6 Å². The Hall–Kier alpha value is -1.92. The summed E-state index contributed by atoms with van der Waals surface area (Å²) in [6, 6.07) is 7.54. The number of hydrogen-bond donors (Lipinski definition) is 2. The number of anilines is 2. The predicted octanol–water partition coefficient (Wildman–Crippen LogP) is 2.34. The molecule has 0 aliphatic carbocycles. The molecule has 0 unspecified atom stereocenters. The van der Waals surface area contributed by atoms with Crippen LogP contribution >= 0.6 is 11.3 Å². The highest BCUT2D eigenvalue weighted by molar-refractivity contribution is 7.09. The van der Waals surface area contributed by atoms with Gasteiger partial charge in [-0.1, -0.05) is 6.07 Å². The van der Waals surface area contributed by atoms with E-state index in [1.165, 1.54) is 7.11 Å². The largest absolute Gasteiger partial charge is 0.378 e. The topological polar surface area (TPSA) is 63.2 Å². The van der Waals surface area contributed by atoms with Gasteiger partial charge in [0.1, 0.15) is 11.6 Å². The van der Waals surface area contributed by atoms with E-state index in [-0.39, 0.29) is 12.5 Å². The first-order chi connectivity index (χ1) is 9.28. The van der Waals surface area contributed by atoms with Crippen molar-refractivity contribution in [3.8, 4) is 0 Å². The summed E-state index contributed by atoms with van der Waals surface area (Å²) in [6.45, 7) is 0.726. The second-order valence-electron chi connectivity index (χ2n) is 3.84. The molecule has 0 saturated heterocycles. The number of nitrogens with zero attached hydrogens (tertiary/aromatic N) is 1. The average Bonchev–Trinajstić information content (AvgIpc) is 2.90. The molecule has 0 spiro atoms. The smallest absolute Gasteiger partial charge is 0.250 e. The Kier molecular flexibility index (Phi) is 4.88. The van der Waals surface area contributed by atoms with E-state index in [1.54, 1.807) is 17.5 Å². The van der Waals surface area contributed by atoms with Crippen molar-refractivity contribution in [2.75, 3.05) is 24.4 Å². The van der Waals surface area contributed by atoms with Gasteiger partial charge < -0.3 is 15.4 Å². The number of thiazole rings is 1. The molecule has 2 rings (SSSR count). The number of carbonyl (C=O) groups excluding carboxylic acids is 1. The van der Waals surface area contributed by atoms with Crippen LogP contribution in [0, 0.1) is 0 Å². The highest BCUT2D eigenvalue weighted by Crippen LogP contribution is 2.16. The normalized spacial score (nSPS) is 10.2. The molecule has 0 fully saturated rings. The van der Waals surface area contributed by atoms with Crippen molar-refractivity contribution in [1.82, 2.24) is 4.98 Å². The molecule has 0 saturated carbocycles. The van der Waals surface area contributed by atoms with Gasteiger partial charge in [-0.15, -0.1) is 11.3 Å². The van der Waals surface area contributed by atoms with E-state index in [4.69, 9.17) is 4.74 Å². The van der Waals surface area contributed by atoms with Crippen LogP contribution in [0.2, 0.25) is 0 Å². The lowest BCUT2D eigenvalue weighted by atomic mass is 10.2. The number of amides is 1. The second-order valence-corrected chi connectivity index (χ2v) is 4.82. The molecule has 1 aromatic carbocycles. The third kappa shape index (κ3) is 4.35. The molecule has 0 atom stereocenters. The van der Waals surface area contributed by atoms with Gasteiger partial charge in [0, 0.05) is 30.1 Å². The Morgan fingerprint density at radius 1 is 1.42 bits per heavy atom. The van der Waals surface area contributed by atoms with Crippen LogP contribution in [0.3, 0.4) is 0 Å². The first-order valence-corrected chi connectivity index (χ1v) is 6.67. The lowest BCUT2D eigenvalue weighted by molar-refractivity contribution is -0.119. The minimum absolute atomic E-state index is 0.0524. The maximum absolute atomic E-state index is 11.4. The van der Waals surface area contributed by atoms with Crippen LogP contribution in [-0.4, -0.2) is 24.6 Å². The van der Waals surface area contributed by atoms with Crippen LogP contribution in [0.4, 0.5) is 11.4 Å². The minimum Gasteiger partial charge on any atom is -0.378 e. The van der Waals surface area contributed by atoms with Gasteiger partial charge >= 0.3 is 0 Å². The summed E-state index contributed by atoms with van der Waals surface area (Å²) in [5.41, 5.74) is 1.68. The van der Waals surface area contributed by atoms with E-state index in [0.29, 0.717) is 6.54 Å². The molecule has 100 valence electrons. The van der Waals surface area contributed by atoms with Gasteiger partial charge in [-0.3, -0.25) is 4.79 Å². The lowest BCUT2D eigenvalue weighted by Crippen LogP contribution is -2.17. The summed E-state index contributed by atoms with van der Waals surface area (Å²) in [7, 11) is 1.49. The summed E-state index contributed by atoms with van der Waals surface area (Å²) >= 11 is 1.60. The molecule has 1 aromatic heterocycles. The van der Waals surface area contributed by atoms with Crippen molar-refractivity contribution in [3.63, 3.8) is 0 Å². The van der Waals surface area contributed by atoms with Gasteiger partial charge in [-0.25, -0.2) is 4.98 Å². The van der Waals surface area contributed by atoms with Crippen LogP contribution in [0.15, 0.2) is 35.8 Å². The van der Waals surface area contributed by atoms with Gasteiger partial charge in [0.05, 0.1) is 6.54 Å². The van der Waals surface area contributed by atoms with Crippen molar-refractivity contribution in [1.29, 1.82) is 0 Å². The molecule has 1 amide bonds. The fraction of sp³-hybridized carbons (Fsp3) is 0.231. The SMILES string of the molecule is COCC(=O)Nc1cccc(NCc2nccs2)c1. The number of carbonyl (C=O) groups is 1. The van der Waals surface area contributed by atoms with E-state index < -0.39 is 0 Å². The number of hydrogen-bond acceptors (Lipinski definition) is 5. The van der Waals surface area contributed by atoms with Gasteiger partial charge in [0.2, 0.25) is 5.91 Å². The molecule has 6 heteroatoms. The van der Waals surface area contributed by atoms with Crippen molar-refractivity contribution in [3.05, 3.63) is 40.8 Å². The highest BCUT2D eigenvalue weighted by atomic mass is 32.1. The first-order valence-electron chi connectivity index (χ1n) is 5.79. The van der Waals surface area contributed by atoms with Crippen LogP contribution in [0.25, 0.3) is 0 Å². The van der Waals surface area contributed by atoms with E-state index in [0.717, 1.165) is 16.4 Å². The summed E-state index contributed by atoms with van der Waals surface area (Å²) in [4.78, 5) is 15.6. The summed E-state index contributed by atoms with van der Waals surface area (Å²) < 4.78 is 4.77. The molecule has 2 N–H and O–H groups in total. The van der Waals surface area contributed by atoms with Crippen LogP contribution in [0.1, 0.15) is 5.01 Å². The summed E-state index contributed by atoms with van der Waals surface area (Å²) in [6.07, 6.45) is 1.78. The molecule has 0 radical (unpaired) electrons. The maximum atomic E-state index is 11.4. The number of benzene rings is 1. The predicted molar refractivity (Wildman–Crippen MR) is 76.4 cm³/mol. The summed E-state index contributed by atoms with van der Waals surface area (Å²) in [5.74, 6) is -0.167. The number of nitrogens with one attached hydrogen (secondary N) is 2. The van der Waals surface area contributed by atoms with Crippen molar-refractivity contribution in [2.45, 2.75) is 6.54 Å². The highest BCUT2D eigenvalue weighted by Gasteiger charge is 2.02. The van der Waals surface area contributed by atoms with Crippen LogP contribution in [0.5, 0.6) is 0 Å². The number of methoxy groups -OCH3 is 1. The van der Waals surface area contributed by atoms with E-state index >= 15 is 0 Å². The molecule has 0 aliphatic rings. The van der Waals surface area contributed by atoms with Gasteiger partial charge in [0.15, 0.2) is 0 Å². The third-order valence-electron chi connectivity index (χ3n) is 2.35. The maximum Gasteiger partial charge on any atom is 0.250 e. The van der Waals surface area contributed by atoms with Gasteiger partial charge in [0.25, 0.3) is 0 Å². The van der Waals surface area contributed by atoms with E-state index in [1.807, 2.05) is 29.6 Å². The van der Waals surface area contributed by atoms with Crippen molar-refractivity contribution >= 4 is 28.6 Å². The molecular formula is C13H15N3O2S. The summed E-state index contributed by atoms with van der Waals surface area (Å²) in [5, 5.41) is 8.98. The van der Waals surface area contributed by atoms with Crippen molar-refractivity contribution < 1.29 is 9.53 Å². The molecule has 1 heterocycles. The first kappa shape index (κ1) is 13.5. The number of aromatic nitrogens is 1. The van der Waals surface area contributed by atoms with Crippen LogP contribution in [-0.2, 0) is 16.1 Å². The quantitative estimate of drug-likeness (QED) is 0.850. The average molecular weight is 277 g/mol. The monoisotopic (exact) mass is 277 g/mol. The molecular weight excluding hydrogens is 262 g/mol. The molecule has 0 aliphatic heterocycles. The zero-order chi connectivity index (χ0) is 13.5. The van der Waals surface area contributed by atoms with E-state index in [9.17, 15) is 4.79 Å². The zero-order valence-corrected chi connectivity index (χ0v) is 11.4. The van der Waals surface area contributed by atoms with Gasteiger partial charge in [-0.05, 0) is 18.2 Å². The second kappa shape index (κ2) is 6.86. The molecule has 2 aromatic rings. The van der Waals surface area contributed by atoms with Gasteiger partial charge in [-0.2, -0.15) is 0 Å². The standard InChI is InChI=1S/C13H15N3O2S/c1-18-9-12(17)16-11-4-2-3-10(7-11)15-8-13-14-5-6-19-13/h2-7,15H,8-9H2,1H3,(H,16,17). The zero-order valence-electron chi connectivity index (χ0n) is 10.6. The fourth-order valence-corrected chi connectivity index (χ4v) is 2.11. The molecule has 5 nitrogen and oxygen atoms in total. The number of rotatable bonds is 6. The Balaban J connectivity index is 1.93. The number of ether oxygens (including phenoxy) is 1. The van der Waals surface area contributed by atoms with Crippen molar-refractivity contribution in [2.24, 2.45) is 0 Å². The lowest BCUT2D eigenvalue weighted by Gasteiger charge is -2.08. The Bertz CT molecular complexity index is 528. The Morgan fingerprint density at radius 2 is 2.26 bits per heavy atom. The Labute approximate surface area is 115 Å².